The van der Waals surface area contributed by atoms with Crippen LogP contribution in [0, 0.1) is 5.92 Å². The highest BCUT2D eigenvalue weighted by Gasteiger charge is 2.07. The van der Waals surface area contributed by atoms with Gasteiger partial charge in [0.15, 0.2) is 0 Å². The minimum absolute atomic E-state index is 0.246. The minimum atomic E-state index is -0.463. The highest BCUT2D eigenvalue weighted by Crippen LogP contribution is 2.27. The van der Waals surface area contributed by atoms with Gasteiger partial charge in [-0.05, 0) is 24.1 Å². The first kappa shape index (κ1) is 17.4. The van der Waals surface area contributed by atoms with E-state index in [1.807, 2.05) is 37.4 Å². The van der Waals surface area contributed by atoms with Crippen LogP contribution in [-0.2, 0) is 6.54 Å². The first-order chi connectivity index (χ1) is 11.9. The third-order valence-corrected chi connectivity index (χ3v) is 4.75. The topological polar surface area (TPSA) is 79.2 Å². The second-order valence-corrected chi connectivity index (χ2v) is 7.38. The van der Waals surface area contributed by atoms with Crippen molar-refractivity contribution < 1.29 is 0 Å². The van der Waals surface area contributed by atoms with Gasteiger partial charge in [-0.2, -0.15) is 5.10 Å². The molecular formula is C17H17ClN4O2S. The number of anilines is 1. The Morgan fingerprint density at radius 1 is 1.36 bits per heavy atom. The number of H-pyrrole nitrogens is 1. The molecule has 0 spiro atoms. The summed E-state index contributed by atoms with van der Waals surface area (Å²) in [7, 11) is 0. The van der Waals surface area contributed by atoms with E-state index in [9.17, 15) is 9.59 Å². The summed E-state index contributed by atoms with van der Waals surface area (Å²) in [5, 5.41) is 7.84. The summed E-state index contributed by atoms with van der Waals surface area (Å²) >= 11 is 7.65. The lowest BCUT2D eigenvalue weighted by Crippen LogP contribution is -2.32. The molecule has 0 aliphatic rings. The molecule has 0 aliphatic carbocycles. The normalized spacial score (nSPS) is 11.7. The molecule has 130 valence electrons. The van der Waals surface area contributed by atoms with Crippen molar-refractivity contribution in [3.8, 4) is 0 Å². The molecule has 2 heterocycles. The molecule has 0 bridgehead atoms. The van der Waals surface area contributed by atoms with E-state index in [4.69, 9.17) is 11.6 Å². The molecule has 1 aromatic carbocycles. The Balaban J connectivity index is 1.90. The maximum absolute atomic E-state index is 12.0. The second-order valence-electron chi connectivity index (χ2n) is 6.03. The van der Waals surface area contributed by atoms with Crippen LogP contribution >= 0.6 is 22.9 Å². The third kappa shape index (κ3) is 4.00. The van der Waals surface area contributed by atoms with Crippen LogP contribution in [0.3, 0.4) is 0 Å². The Labute approximate surface area is 152 Å². The average Bonchev–Trinajstić information content (AvgIpc) is 2.92. The molecule has 3 rings (SSSR count). The lowest BCUT2D eigenvalue weighted by atomic mass is 10.2. The number of fused-ring (bicyclic) bond motifs is 1. The van der Waals surface area contributed by atoms with Gasteiger partial charge < -0.3 is 0 Å². The molecule has 2 aromatic heterocycles. The zero-order valence-corrected chi connectivity index (χ0v) is 15.3. The average molecular weight is 377 g/mol. The number of thiophene rings is 1. The molecule has 0 unspecified atom stereocenters. The van der Waals surface area contributed by atoms with Crippen molar-refractivity contribution in [2.75, 3.05) is 5.43 Å². The largest absolute Gasteiger partial charge is 0.329 e. The van der Waals surface area contributed by atoms with Crippen molar-refractivity contribution >= 4 is 45.1 Å². The predicted octanol–water partition coefficient (Wildman–Crippen LogP) is 3.51. The molecular weight excluding hydrogens is 360 g/mol. The molecule has 0 amide bonds. The van der Waals surface area contributed by atoms with Crippen LogP contribution < -0.4 is 16.7 Å². The number of benzene rings is 1. The van der Waals surface area contributed by atoms with E-state index >= 15 is 0 Å². The summed E-state index contributed by atoms with van der Waals surface area (Å²) in [4.78, 5) is 25.8. The second kappa shape index (κ2) is 7.25. The highest BCUT2D eigenvalue weighted by molar-refractivity contribution is 7.17. The number of aromatic nitrogens is 2. The third-order valence-electron chi connectivity index (χ3n) is 3.53. The molecule has 0 aliphatic heterocycles. The highest BCUT2D eigenvalue weighted by atomic mass is 35.5. The quantitative estimate of drug-likeness (QED) is 0.528. The fourth-order valence-electron chi connectivity index (χ4n) is 2.45. The molecule has 6 nitrogen and oxygen atoms in total. The number of hydrogen-bond acceptors (Lipinski definition) is 5. The fraction of sp³-hybridized carbons (Fsp3) is 0.235. The molecule has 2 N–H and O–H groups in total. The maximum Gasteiger partial charge on any atom is 0.329 e. The molecule has 0 radical (unpaired) electrons. The van der Waals surface area contributed by atoms with Gasteiger partial charge in [0.2, 0.25) is 0 Å². The Hall–Kier alpha value is -2.38. The summed E-state index contributed by atoms with van der Waals surface area (Å²) < 4.78 is 2.57. The molecule has 0 saturated carbocycles. The van der Waals surface area contributed by atoms with Crippen molar-refractivity contribution in [3.63, 3.8) is 0 Å². The molecule has 3 aromatic rings. The van der Waals surface area contributed by atoms with Crippen LogP contribution in [0.25, 0.3) is 10.1 Å². The van der Waals surface area contributed by atoms with E-state index in [0.717, 1.165) is 15.6 Å². The number of nitrogens with one attached hydrogen (secondary N) is 2. The van der Waals surface area contributed by atoms with E-state index < -0.39 is 11.2 Å². The smallest absolute Gasteiger partial charge is 0.278 e. The van der Waals surface area contributed by atoms with Gasteiger partial charge in [-0.15, -0.1) is 11.3 Å². The van der Waals surface area contributed by atoms with Gasteiger partial charge in [0.25, 0.3) is 5.56 Å². The predicted molar refractivity (Wildman–Crippen MR) is 104 cm³/mol. The number of aromatic amines is 1. The van der Waals surface area contributed by atoms with Gasteiger partial charge in [-0.1, -0.05) is 25.4 Å². The summed E-state index contributed by atoms with van der Waals surface area (Å²) in [6, 6.07) is 7.02. The molecule has 0 fully saturated rings. The summed E-state index contributed by atoms with van der Waals surface area (Å²) in [6.45, 7) is 4.46. The number of halogens is 1. The number of nitrogens with zero attached hydrogens (tertiary/aromatic N) is 2. The van der Waals surface area contributed by atoms with Gasteiger partial charge in [-0.3, -0.25) is 19.8 Å². The Kier molecular flexibility index (Phi) is 5.06. The zero-order valence-electron chi connectivity index (χ0n) is 13.7. The first-order valence-corrected chi connectivity index (χ1v) is 9.00. The van der Waals surface area contributed by atoms with E-state index in [2.05, 4.69) is 15.5 Å². The summed E-state index contributed by atoms with van der Waals surface area (Å²) in [5.41, 5.74) is 2.80. The SMILES string of the molecule is CC(C)Cn1c(NN=Cc2csc3ccc(Cl)cc23)cc(=O)[nH]c1=O. The van der Waals surface area contributed by atoms with E-state index in [1.165, 1.54) is 10.6 Å². The minimum Gasteiger partial charge on any atom is -0.278 e. The first-order valence-electron chi connectivity index (χ1n) is 7.74. The van der Waals surface area contributed by atoms with Crippen molar-refractivity contribution in [1.82, 2.24) is 9.55 Å². The van der Waals surface area contributed by atoms with Crippen LogP contribution in [0.4, 0.5) is 5.82 Å². The molecule has 0 saturated heterocycles. The van der Waals surface area contributed by atoms with Crippen LogP contribution in [-0.4, -0.2) is 15.8 Å². The molecule has 8 heteroatoms. The van der Waals surface area contributed by atoms with E-state index in [-0.39, 0.29) is 5.92 Å². The summed E-state index contributed by atoms with van der Waals surface area (Å²) in [5.74, 6) is 0.604. The fourth-order valence-corrected chi connectivity index (χ4v) is 3.51. The monoisotopic (exact) mass is 376 g/mol. The van der Waals surface area contributed by atoms with Crippen molar-refractivity contribution in [2.45, 2.75) is 20.4 Å². The number of hydrogen-bond donors (Lipinski definition) is 2. The molecule has 0 atom stereocenters. The Bertz CT molecular complexity index is 1050. The van der Waals surface area contributed by atoms with Gasteiger partial charge in [-0.25, -0.2) is 4.79 Å². The summed E-state index contributed by atoms with van der Waals surface area (Å²) in [6.07, 6.45) is 1.65. The van der Waals surface area contributed by atoms with Crippen LogP contribution in [0.1, 0.15) is 19.4 Å². The van der Waals surface area contributed by atoms with E-state index in [0.29, 0.717) is 17.4 Å². The maximum atomic E-state index is 12.0. The Morgan fingerprint density at radius 3 is 2.92 bits per heavy atom. The number of hydrazone groups is 1. The standard InChI is InChI=1S/C17H17ClN4O2S/c1-10(2)8-22-15(6-16(23)20-17(22)24)21-19-7-11-9-25-14-4-3-12(18)5-13(11)14/h3-7,9-10,21H,8H2,1-2H3,(H,20,23,24). The Morgan fingerprint density at radius 2 is 2.16 bits per heavy atom. The van der Waals surface area contributed by atoms with Crippen LogP contribution in [0.5, 0.6) is 0 Å². The van der Waals surface area contributed by atoms with Gasteiger partial charge in [0.05, 0.1) is 6.21 Å². The van der Waals surface area contributed by atoms with E-state index in [1.54, 1.807) is 17.6 Å². The lowest BCUT2D eigenvalue weighted by Gasteiger charge is -2.12. The number of rotatable bonds is 5. The van der Waals surface area contributed by atoms with Gasteiger partial charge in [0.1, 0.15) is 5.82 Å². The van der Waals surface area contributed by atoms with Crippen molar-refractivity contribution in [3.05, 3.63) is 61.1 Å². The zero-order chi connectivity index (χ0) is 18.0. The van der Waals surface area contributed by atoms with Crippen molar-refractivity contribution in [2.24, 2.45) is 11.0 Å². The molecule has 25 heavy (non-hydrogen) atoms. The van der Waals surface area contributed by atoms with Gasteiger partial charge >= 0.3 is 5.69 Å². The van der Waals surface area contributed by atoms with Crippen LogP contribution in [0.15, 0.2) is 44.3 Å². The van der Waals surface area contributed by atoms with Crippen molar-refractivity contribution in [1.29, 1.82) is 0 Å². The lowest BCUT2D eigenvalue weighted by molar-refractivity contribution is 0.506. The van der Waals surface area contributed by atoms with Gasteiger partial charge in [0, 0.05) is 38.7 Å². The van der Waals surface area contributed by atoms with Crippen LogP contribution in [0.2, 0.25) is 5.02 Å².